The largest absolute Gasteiger partial charge is 0.488 e. The van der Waals surface area contributed by atoms with Crippen molar-refractivity contribution in [2.45, 2.75) is 11.5 Å². The molecule has 4 rings (SSSR count). The quantitative estimate of drug-likeness (QED) is 0.398. The van der Waals surface area contributed by atoms with E-state index in [2.05, 4.69) is 15.0 Å². The first kappa shape index (κ1) is 22.0. The van der Waals surface area contributed by atoms with Crippen LogP contribution in [-0.2, 0) is 16.6 Å². The lowest BCUT2D eigenvalue weighted by Crippen LogP contribution is -2.15. The molecule has 0 radical (unpaired) electrons. The molecule has 0 atom stereocenters. The third-order valence-electron chi connectivity index (χ3n) is 4.71. The number of nitrogens with one attached hydrogen (secondary N) is 2. The highest BCUT2D eigenvalue weighted by atomic mass is 32.2. The second-order valence-electron chi connectivity index (χ2n) is 7.10. The second-order valence-corrected chi connectivity index (χ2v) is 8.78. The van der Waals surface area contributed by atoms with Crippen LogP contribution in [0.2, 0.25) is 0 Å². The van der Waals surface area contributed by atoms with Gasteiger partial charge >= 0.3 is 0 Å². The SMILES string of the molecule is O=C(Nc1ccc(S(=O)(=O)Nc2cccnc2)cc1)c1ccccc1OCc1ccccc1. The van der Waals surface area contributed by atoms with Gasteiger partial charge in [-0.2, -0.15) is 0 Å². The van der Waals surface area contributed by atoms with Crippen LogP contribution in [0, 0.1) is 0 Å². The van der Waals surface area contributed by atoms with Crippen molar-refractivity contribution in [2.24, 2.45) is 0 Å². The summed E-state index contributed by atoms with van der Waals surface area (Å²) in [6.07, 6.45) is 2.98. The molecule has 1 amide bonds. The minimum atomic E-state index is -3.77. The molecule has 1 heterocycles. The van der Waals surface area contributed by atoms with Crippen molar-refractivity contribution in [1.82, 2.24) is 4.98 Å². The van der Waals surface area contributed by atoms with Gasteiger partial charge in [0.25, 0.3) is 15.9 Å². The summed E-state index contributed by atoms with van der Waals surface area (Å²) in [5.74, 6) is 0.0986. The molecular formula is C25H21N3O4S. The number of benzene rings is 3. The molecule has 8 heteroatoms. The fraction of sp³-hybridized carbons (Fsp3) is 0.0400. The smallest absolute Gasteiger partial charge is 0.261 e. The van der Waals surface area contributed by atoms with Gasteiger partial charge in [-0.25, -0.2) is 8.42 Å². The van der Waals surface area contributed by atoms with Gasteiger partial charge in [-0.3, -0.25) is 14.5 Å². The Bertz CT molecular complexity index is 1330. The van der Waals surface area contributed by atoms with Crippen LogP contribution in [0.5, 0.6) is 5.75 Å². The maximum absolute atomic E-state index is 12.8. The number of sulfonamides is 1. The van der Waals surface area contributed by atoms with Crippen LogP contribution in [0.4, 0.5) is 11.4 Å². The zero-order valence-corrected chi connectivity index (χ0v) is 18.3. The van der Waals surface area contributed by atoms with Crippen molar-refractivity contribution in [3.8, 4) is 5.75 Å². The molecule has 1 aromatic heterocycles. The number of hydrogen-bond acceptors (Lipinski definition) is 5. The van der Waals surface area contributed by atoms with Gasteiger partial charge in [-0.1, -0.05) is 42.5 Å². The number of pyridine rings is 1. The molecule has 0 aliphatic heterocycles. The number of amides is 1. The fourth-order valence-electron chi connectivity index (χ4n) is 3.07. The minimum Gasteiger partial charge on any atom is -0.488 e. The van der Waals surface area contributed by atoms with Crippen LogP contribution >= 0.6 is 0 Å². The number of ether oxygens (including phenoxy) is 1. The zero-order valence-electron chi connectivity index (χ0n) is 17.5. The summed E-state index contributed by atoms with van der Waals surface area (Å²) >= 11 is 0. The van der Waals surface area contributed by atoms with Crippen LogP contribution < -0.4 is 14.8 Å². The van der Waals surface area contributed by atoms with E-state index in [0.29, 0.717) is 29.3 Å². The van der Waals surface area contributed by atoms with Crippen LogP contribution in [0.25, 0.3) is 0 Å². The predicted molar refractivity (Wildman–Crippen MR) is 127 cm³/mol. The van der Waals surface area contributed by atoms with Crippen LogP contribution in [-0.4, -0.2) is 19.3 Å². The summed E-state index contributed by atoms with van der Waals surface area (Å²) in [6.45, 7) is 0.335. The third-order valence-corrected chi connectivity index (χ3v) is 6.10. The summed E-state index contributed by atoms with van der Waals surface area (Å²) in [6, 6.07) is 25.8. The normalized spacial score (nSPS) is 10.9. The molecule has 0 unspecified atom stereocenters. The number of para-hydroxylation sites is 1. The highest BCUT2D eigenvalue weighted by molar-refractivity contribution is 7.92. The number of carbonyl (C=O) groups is 1. The Hall–Kier alpha value is -4.17. The van der Waals surface area contributed by atoms with Gasteiger partial charge in [-0.15, -0.1) is 0 Å². The first-order chi connectivity index (χ1) is 16.0. The molecule has 0 saturated heterocycles. The van der Waals surface area contributed by atoms with E-state index in [-0.39, 0.29) is 10.8 Å². The van der Waals surface area contributed by atoms with Crippen molar-refractivity contribution >= 4 is 27.3 Å². The summed E-state index contributed by atoms with van der Waals surface area (Å²) in [5.41, 5.74) is 2.19. The van der Waals surface area contributed by atoms with E-state index in [1.165, 1.54) is 30.5 Å². The number of anilines is 2. The fourth-order valence-corrected chi connectivity index (χ4v) is 4.11. The summed E-state index contributed by atoms with van der Waals surface area (Å²) in [4.78, 5) is 16.8. The predicted octanol–water partition coefficient (Wildman–Crippen LogP) is 4.71. The molecule has 3 aromatic carbocycles. The van der Waals surface area contributed by atoms with Gasteiger partial charge in [0.05, 0.1) is 22.3 Å². The maximum atomic E-state index is 12.8. The van der Waals surface area contributed by atoms with Gasteiger partial charge in [-0.05, 0) is 54.1 Å². The van der Waals surface area contributed by atoms with Crippen molar-refractivity contribution in [2.75, 3.05) is 10.0 Å². The van der Waals surface area contributed by atoms with Crippen LogP contribution in [0.1, 0.15) is 15.9 Å². The Morgan fingerprint density at radius 3 is 2.27 bits per heavy atom. The number of rotatable bonds is 8. The topological polar surface area (TPSA) is 97.4 Å². The van der Waals surface area contributed by atoms with E-state index in [1.54, 1.807) is 42.6 Å². The maximum Gasteiger partial charge on any atom is 0.261 e. The molecule has 0 aliphatic carbocycles. The molecule has 0 fully saturated rings. The molecule has 166 valence electrons. The van der Waals surface area contributed by atoms with Gasteiger partial charge < -0.3 is 10.1 Å². The van der Waals surface area contributed by atoms with Gasteiger partial charge in [0.2, 0.25) is 0 Å². The van der Waals surface area contributed by atoms with Crippen molar-refractivity contribution in [3.63, 3.8) is 0 Å². The Morgan fingerprint density at radius 1 is 0.818 bits per heavy atom. The first-order valence-corrected chi connectivity index (χ1v) is 11.6. The first-order valence-electron chi connectivity index (χ1n) is 10.1. The van der Waals surface area contributed by atoms with E-state index < -0.39 is 10.0 Å². The number of hydrogen-bond donors (Lipinski definition) is 2. The third kappa shape index (κ3) is 5.75. The molecule has 0 spiro atoms. The molecule has 4 aromatic rings. The van der Waals surface area contributed by atoms with Gasteiger partial charge in [0.15, 0.2) is 0 Å². The second kappa shape index (κ2) is 9.97. The van der Waals surface area contributed by atoms with Crippen molar-refractivity contribution in [3.05, 3.63) is 115 Å². The molecule has 0 saturated carbocycles. The average molecular weight is 460 g/mol. The average Bonchev–Trinajstić information content (AvgIpc) is 2.84. The highest BCUT2D eigenvalue weighted by Gasteiger charge is 2.16. The molecule has 0 bridgehead atoms. The lowest BCUT2D eigenvalue weighted by Gasteiger charge is -2.12. The summed E-state index contributed by atoms with van der Waals surface area (Å²) in [5, 5.41) is 2.78. The molecular weight excluding hydrogens is 438 g/mol. The van der Waals surface area contributed by atoms with Crippen molar-refractivity contribution < 1.29 is 17.9 Å². The van der Waals surface area contributed by atoms with E-state index in [4.69, 9.17) is 4.74 Å². The molecule has 33 heavy (non-hydrogen) atoms. The Kier molecular flexibility index (Phi) is 6.66. The van der Waals surface area contributed by atoms with E-state index >= 15 is 0 Å². The Labute approximate surface area is 192 Å². The summed E-state index contributed by atoms with van der Waals surface area (Å²) in [7, 11) is -3.77. The van der Waals surface area contributed by atoms with E-state index in [9.17, 15) is 13.2 Å². The summed E-state index contributed by atoms with van der Waals surface area (Å²) < 4.78 is 33.4. The van der Waals surface area contributed by atoms with E-state index in [1.807, 2.05) is 30.3 Å². The lowest BCUT2D eigenvalue weighted by atomic mass is 10.1. The Balaban J connectivity index is 1.44. The molecule has 7 nitrogen and oxygen atoms in total. The zero-order chi connectivity index (χ0) is 23.1. The standard InChI is InChI=1S/C25H21N3O4S/c29-25(23-10-4-5-11-24(23)32-18-19-7-2-1-3-8-19)27-20-12-14-22(15-13-20)33(30,31)28-21-9-6-16-26-17-21/h1-17,28H,18H2,(H,27,29). The number of aromatic nitrogens is 1. The molecule has 0 aliphatic rings. The van der Waals surface area contributed by atoms with Gasteiger partial charge in [0, 0.05) is 11.9 Å². The minimum absolute atomic E-state index is 0.0657. The Morgan fingerprint density at radius 2 is 1.55 bits per heavy atom. The van der Waals surface area contributed by atoms with Crippen LogP contribution in [0.3, 0.4) is 0 Å². The lowest BCUT2D eigenvalue weighted by molar-refractivity contribution is 0.102. The highest BCUT2D eigenvalue weighted by Crippen LogP contribution is 2.22. The number of nitrogens with zero attached hydrogens (tertiary/aromatic N) is 1. The number of carbonyl (C=O) groups excluding carboxylic acids is 1. The van der Waals surface area contributed by atoms with Crippen LogP contribution in [0.15, 0.2) is 108 Å². The molecule has 2 N–H and O–H groups in total. The van der Waals surface area contributed by atoms with Crippen molar-refractivity contribution in [1.29, 1.82) is 0 Å². The van der Waals surface area contributed by atoms with E-state index in [0.717, 1.165) is 5.56 Å². The monoisotopic (exact) mass is 459 g/mol. The van der Waals surface area contributed by atoms with Gasteiger partial charge in [0.1, 0.15) is 12.4 Å².